The molecule has 4 rings (SSSR count). The molecule has 2 amide bonds. The van der Waals surface area contributed by atoms with Crippen molar-refractivity contribution in [2.45, 2.75) is 12.6 Å². The number of sulfonamides is 1. The molecule has 2 aromatic rings. The van der Waals surface area contributed by atoms with Crippen molar-refractivity contribution >= 4 is 21.7 Å². The molecule has 0 atom stereocenters. The van der Waals surface area contributed by atoms with E-state index in [0.29, 0.717) is 43.5 Å². The van der Waals surface area contributed by atoms with E-state index in [9.17, 15) is 13.2 Å². The van der Waals surface area contributed by atoms with Crippen LogP contribution in [0.25, 0.3) is 0 Å². The van der Waals surface area contributed by atoms with E-state index in [1.807, 2.05) is 6.07 Å². The molecule has 2 aliphatic rings. The number of likely N-dealkylation sites (tertiary alicyclic amines) is 1. The number of carbonyl (C=O) groups excluding carboxylic acids is 1. The summed E-state index contributed by atoms with van der Waals surface area (Å²) in [5, 5.41) is 2.82. The molecule has 0 bridgehead atoms. The summed E-state index contributed by atoms with van der Waals surface area (Å²) < 4.78 is 36.9. The number of pyridine rings is 1. The van der Waals surface area contributed by atoms with Gasteiger partial charge in [-0.3, -0.25) is 4.98 Å². The molecule has 1 fully saturated rings. The van der Waals surface area contributed by atoms with Crippen molar-refractivity contribution in [2.75, 3.05) is 37.9 Å². The van der Waals surface area contributed by atoms with Gasteiger partial charge in [0.15, 0.2) is 11.5 Å². The molecule has 0 radical (unpaired) electrons. The Balaban J connectivity index is 1.37. The van der Waals surface area contributed by atoms with Gasteiger partial charge in [-0.1, -0.05) is 6.07 Å². The molecule has 10 heteroatoms. The second-order valence-electron chi connectivity index (χ2n) is 7.02. The molecule has 1 aromatic heterocycles. The molecule has 0 unspecified atom stereocenters. The van der Waals surface area contributed by atoms with Crippen LogP contribution in [0.2, 0.25) is 0 Å². The number of urea groups is 1. The Kier molecular flexibility index (Phi) is 5.29. The minimum Gasteiger partial charge on any atom is -0.486 e. The molecule has 154 valence electrons. The van der Waals surface area contributed by atoms with E-state index in [1.165, 1.54) is 10.6 Å². The van der Waals surface area contributed by atoms with E-state index in [0.717, 1.165) is 5.56 Å². The third-order valence-corrected chi connectivity index (χ3v) is 6.12. The Hall–Kier alpha value is -2.85. The number of amides is 2. The number of anilines is 1. The summed E-state index contributed by atoms with van der Waals surface area (Å²) in [4.78, 5) is 18.1. The smallest absolute Gasteiger partial charge is 0.321 e. The van der Waals surface area contributed by atoms with Gasteiger partial charge in [-0.05, 0) is 23.8 Å². The summed E-state index contributed by atoms with van der Waals surface area (Å²) in [6.45, 7) is 1.85. The number of benzene rings is 1. The molecule has 0 spiro atoms. The van der Waals surface area contributed by atoms with Crippen LogP contribution in [0.1, 0.15) is 5.56 Å². The lowest BCUT2D eigenvalue weighted by Gasteiger charge is -2.44. The van der Waals surface area contributed by atoms with Gasteiger partial charge in [-0.15, -0.1) is 0 Å². The highest BCUT2D eigenvalue weighted by atomic mass is 32.2. The van der Waals surface area contributed by atoms with E-state index in [4.69, 9.17) is 9.47 Å². The number of ether oxygens (including phenoxy) is 2. The lowest BCUT2D eigenvalue weighted by molar-refractivity contribution is 0.106. The zero-order valence-electron chi connectivity index (χ0n) is 15.9. The first-order chi connectivity index (χ1) is 13.9. The van der Waals surface area contributed by atoms with Crippen molar-refractivity contribution in [3.8, 4) is 11.5 Å². The van der Waals surface area contributed by atoms with E-state index >= 15 is 0 Å². The summed E-state index contributed by atoms with van der Waals surface area (Å²) in [5.41, 5.74) is 1.40. The number of nitrogens with zero attached hydrogens (tertiary/aromatic N) is 3. The monoisotopic (exact) mass is 418 g/mol. The lowest BCUT2D eigenvalue weighted by atomic mass is 10.1. The summed E-state index contributed by atoms with van der Waals surface area (Å²) >= 11 is 0. The van der Waals surface area contributed by atoms with Gasteiger partial charge >= 0.3 is 6.03 Å². The minimum atomic E-state index is -3.42. The number of carbonyl (C=O) groups is 1. The molecule has 1 aromatic carbocycles. The van der Waals surface area contributed by atoms with Crippen molar-refractivity contribution < 1.29 is 22.7 Å². The first kappa shape index (κ1) is 19.5. The van der Waals surface area contributed by atoms with Crippen LogP contribution in [0.3, 0.4) is 0 Å². The molecular weight excluding hydrogens is 396 g/mol. The largest absolute Gasteiger partial charge is 0.486 e. The second-order valence-corrected chi connectivity index (χ2v) is 8.95. The molecule has 3 heterocycles. The summed E-state index contributed by atoms with van der Waals surface area (Å²) in [6, 6.07) is 8.26. The lowest BCUT2D eigenvalue weighted by Crippen LogP contribution is -2.62. The van der Waals surface area contributed by atoms with Gasteiger partial charge in [0.05, 0.1) is 12.3 Å². The molecule has 1 N–H and O–H groups in total. The van der Waals surface area contributed by atoms with Gasteiger partial charge in [0.2, 0.25) is 10.0 Å². The molecule has 9 nitrogen and oxygen atoms in total. The summed E-state index contributed by atoms with van der Waals surface area (Å²) in [6.07, 6.45) is 4.46. The fourth-order valence-corrected chi connectivity index (χ4v) is 4.37. The Morgan fingerprint density at radius 3 is 2.69 bits per heavy atom. The van der Waals surface area contributed by atoms with Crippen LogP contribution in [0.5, 0.6) is 11.5 Å². The Bertz CT molecular complexity index is 993. The van der Waals surface area contributed by atoms with Crippen LogP contribution < -0.4 is 14.8 Å². The zero-order chi connectivity index (χ0) is 20.4. The zero-order valence-corrected chi connectivity index (χ0v) is 16.8. The van der Waals surface area contributed by atoms with Crippen LogP contribution in [-0.2, 0) is 16.6 Å². The van der Waals surface area contributed by atoms with E-state index in [1.54, 1.807) is 41.6 Å². The molecule has 29 heavy (non-hydrogen) atoms. The average molecular weight is 418 g/mol. The standard InChI is InChI=1S/C19H22N4O5S/c1-29(25,26)23(11-14-3-2-6-20-10-14)16-12-22(13-16)19(24)21-15-4-5-17-18(9-15)28-8-7-27-17/h2-6,9-10,16H,7-8,11-13H2,1H3,(H,21,24). The molecule has 0 aliphatic carbocycles. The van der Waals surface area contributed by atoms with E-state index < -0.39 is 10.0 Å². The van der Waals surface area contributed by atoms with Crippen molar-refractivity contribution in [3.63, 3.8) is 0 Å². The Morgan fingerprint density at radius 2 is 2.00 bits per heavy atom. The van der Waals surface area contributed by atoms with Gasteiger partial charge < -0.3 is 19.7 Å². The number of hydrogen-bond donors (Lipinski definition) is 1. The fraction of sp³-hybridized carbons (Fsp3) is 0.368. The van der Waals surface area contributed by atoms with Crippen LogP contribution in [0.4, 0.5) is 10.5 Å². The molecular formula is C19H22N4O5S. The van der Waals surface area contributed by atoms with Crippen molar-refractivity contribution in [3.05, 3.63) is 48.3 Å². The Labute approximate surface area is 169 Å². The van der Waals surface area contributed by atoms with E-state index in [-0.39, 0.29) is 18.6 Å². The van der Waals surface area contributed by atoms with E-state index in [2.05, 4.69) is 10.3 Å². The van der Waals surface area contributed by atoms with Gasteiger partial charge in [-0.25, -0.2) is 13.2 Å². The predicted octanol–water partition coefficient (Wildman–Crippen LogP) is 1.53. The first-order valence-electron chi connectivity index (χ1n) is 9.21. The number of aromatic nitrogens is 1. The highest BCUT2D eigenvalue weighted by Gasteiger charge is 2.39. The van der Waals surface area contributed by atoms with Crippen LogP contribution >= 0.6 is 0 Å². The SMILES string of the molecule is CS(=O)(=O)N(Cc1cccnc1)C1CN(C(=O)Nc2ccc3c(c2)OCCO3)C1. The first-order valence-corrected chi connectivity index (χ1v) is 11.1. The second kappa shape index (κ2) is 7.88. The van der Waals surface area contributed by atoms with Gasteiger partial charge in [0, 0.05) is 43.8 Å². The fourth-order valence-electron chi connectivity index (χ4n) is 3.32. The third kappa shape index (κ3) is 4.43. The minimum absolute atomic E-state index is 0.231. The van der Waals surface area contributed by atoms with Crippen LogP contribution in [-0.4, -0.2) is 67.2 Å². The van der Waals surface area contributed by atoms with Gasteiger partial charge in [0.1, 0.15) is 13.2 Å². The summed E-state index contributed by atoms with van der Waals surface area (Å²) in [7, 11) is -3.42. The van der Waals surface area contributed by atoms with Crippen molar-refractivity contribution in [2.24, 2.45) is 0 Å². The van der Waals surface area contributed by atoms with Gasteiger partial charge in [0.25, 0.3) is 0 Å². The molecule has 0 saturated carbocycles. The maximum atomic E-state index is 12.5. The number of hydrogen-bond acceptors (Lipinski definition) is 6. The normalized spacial score (nSPS) is 16.4. The highest BCUT2D eigenvalue weighted by Crippen LogP contribution is 2.33. The maximum absolute atomic E-state index is 12.5. The number of nitrogens with one attached hydrogen (secondary N) is 1. The molecule has 2 aliphatic heterocycles. The van der Waals surface area contributed by atoms with Crippen molar-refractivity contribution in [1.82, 2.24) is 14.2 Å². The Morgan fingerprint density at radius 1 is 1.24 bits per heavy atom. The molecule has 1 saturated heterocycles. The summed E-state index contributed by atoms with van der Waals surface area (Å²) in [5.74, 6) is 1.24. The predicted molar refractivity (Wildman–Crippen MR) is 106 cm³/mol. The average Bonchev–Trinajstić information content (AvgIpc) is 2.66. The highest BCUT2D eigenvalue weighted by molar-refractivity contribution is 7.88. The number of fused-ring (bicyclic) bond motifs is 1. The quantitative estimate of drug-likeness (QED) is 0.790. The topological polar surface area (TPSA) is 101 Å². The van der Waals surface area contributed by atoms with Crippen molar-refractivity contribution in [1.29, 1.82) is 0 Å². The number of rotatable bonds is 5. The van der Waals surface area contributed by atoms with Crippen LogP contribution in [0.15, 0.2) is 42.7 Å². The third-order valence-electron chi connectivity index (χ3n) is 4.84. The van der Waals surface area contributed by atoms with Crippen LogP contribution in [0, 0.1) is 0 Å². The van der Waals surface area contributed by atoms with Gasteiger partial charge in [-0.2, -0.15) is 4.31 Å². The maximum Gasteiger partial charge on any atom is 0.321 e.